The Morgan fingerprint density at radius 1 is 0.889 bits per heavy atom. The first kappa shape index (κ1) is 17.5. The van der Waals surface area contributed by atoms with E-state index in [1.807, 2.05) is 36.4 Å². The van der Waals surface area contributed by atoms with E-state index in [-0.39, 0.29) is 21.2 Å². The number of carbonyl (C=O) groups excluding carboxylic acids is 3. The van der Waals surface area contributed by atoms with Gasteiger partial charge in [0.05, 0.1) is 21.2 Å². The van der Waals surface area contributed by atoms with Crippen LogP contribution in [-0.4, -0.2) is 29.2 Å². The van der Waals surface area contributed by atoms with Crippen molar-refractivity contribution in [2.75, 3.05) is 11.9 Å². The molecule has 0 saturated heterocycles. The number of fused-ring (bicyclic) bond motifs is 2. The molecule has 7 heteroatoms. The highest BCUT2D eigenvalue weighted by Crippen LogP contribution is 2.31. The fraction of sp³-hybridized carbons (Fsp3) is 0.0500. The van der Waals surface area contributed by atoms with Crippen molar-refractivity contribution in [1.82, 2.24) is 4.90 Å². The molecule has 0 unspecified atom stereocenters. The quantitative estimate of drug-likeness (QED) is 0.665. The summed E-state index contributed by atoms with van der Waals surface area (Å²) in [6.45, 7) is -0.398. The highest BCUT2D eigenvalue weighted by atomic mass is 35.5. The van der Waals surface area contributed by atoms with Gasteiger partial charge in [-0.1, -0.05) is 59.6 Å². The number of carbonyl (C=O) groups is 3. The van der Waals surface area contributed by atoms with E-state index in [9.17, 15) is 14.4 Å². The van der Waals surface area contributed by atoms with Gasteiger partial charge in [0, 0.05) is 11.1 Å². The fourth-order valence-corrected chi connectivity index (χ4v) is 3.42. The van der Waals surface area contributed by atoms with E-state index in [4.69, 9.17) is 23.2 Å². The van der Waals surface area contributed by atoms with Crippen LogP contribution in [0.5, 0.6) is 0 Å². The van der Waals surface area contributed by atoms with Crippen molar-refractivity contribution in [2.45, 2.75) is 0 Å². The van der Waals surface area contributed by atoms with Crippen molar-refractivity contribution in [3.05, 3.63) is 75.8 Å². The highest BCUT2D eigenvalue weighted by molar-refractivity contribution is 6.43. The first-order valence-corrected chi connectivity index (χ1v) is 8.84. The van der Waals surface area contributed by atoms with Crippen LogP contribution in [0.4, 0.5) is 5.69 Å². The number of nitrogens with zero attached hydrogens (tertiary/aromatic N) is 1. The van der Waals surface area contributed by atoms with E-state index in [1.54, 1.807) is 6.07 Å². The zero-order chi connectivity index (χ0) is 19.1. The lowest BCUT2D eigenvalue weighted by molar-refractivity contribution is -0.116. The molecule has 0 aromatic heterocycles. The summed E-state index contributed by atoms with van der Waals surface area (Å²) in [6, 6.07) is 15.8. The van der Waals surface area contributed by atoms with Gasteiger partial charge < -0.3 is 5.32 Å². The van der Waals surface area contributed by atoms with Crippen LogP contribution >= 0.6 is 23.2 Å². The van der Waals surface area contributed by atoms with Crippen LogP contribution in [0.25, 0.3) is 10.8 Å². The number of benzene rings is 3. The van der Waals surface area contributed by atoms with Crippen LogP contribution in [0, 0.1) is 0 Å². The lowest BCUT2D eigenvalue weighted by Gasteiger charge is -2.14. The van der Waals surface area contributed by atoms with Gasteiger partial charge in [-0.05, 0) is 23.6 Å². The summed E-state index contributed by atoms with van der Waals surface area (Å²) in [4.78, 5) is 38.4. The molecule has 3 amide bonds. The average molecular weight is 399 g/mol. The molecule has 1 aliphatic heterocycles. The van der Waals surface area contributed by atoms with Crippen LogP contribution in [-0.2, 0) is 4.79 Å². The summed E-state index contributed by atoms with van der Waals surface area (Å²) in [5, 5.41) is 4.97. The molecule has 1 aliphatic rings. The number of imide groups is 1. The number of rotatable bonds is 3. The van der Waals surface area contributed by atoms with E-state index >= 15 is 0 Å². The molecule has 27 heavy (non-hydrogen) atoms. The SMILES string of the molecule is O=C(CN1C(=O)c2cc(Cl)c(Cl)cc2C1=O)Nc1cccc2ccccc12. The van der Waals surface area contributed by atoms with Crippen molar-refractivity contribution < 1.29 is 14.4 Å². The normalized spacial score (nSPS) is 13.2. The van der Waals surface area contributed by atoms with Gasteiger partial charge in [0.15, 0.2) is 0 Å². The Labute approximate surface area is 164 Å². The lowest BCUT2D eigenvalue weighted by atomic mass is 10.1. The van der Waals surface area contributed by atoms with E-state index in [1.165, 1.54) is 12.1 Å². The molecule has 0 spiro atoms. The van der Waals surface area contributed by atoms with Crippen LogP contribution < -0.4 is 5.32 Å². The summed E-state index contributed by atoms with van der Waals surface area (Å²) in [6.07, 6.45) is 0. The standard InChI is InChI=1S/C20H12Cl2N2O3/c21-15-8-13-14(9-16(15)22)20(27)24(19(13)26)10-18(25)23-17-7-3-5-11-4-1-2-6-12(11)17/h1-9H,10H2,(H,23,25). The number of nitrogens with one attached hydrogen (secondary N) is 1. The van der Waals surface area contributed by atoms with Crippen molar-refractivity contribution >= 4 is 57.4 Å². The maximum absolute atomic E-state index is 12.5. The van der Waals surface area contributed by atoms with Gasteiger partial charge in [0.1, 0.15) is 6.54 Å². The molecule has 3 aromatic carbocycles. The first-order valence-electron chi connectivity index (χ1n) is 8.08. The van der Waals surface area contributed by atoms with Crippen molar-refractivity contribution in [3.63, 3.8) is 0 Å². The molecular weight excluding hydrogens is 387 g/mol. The summed E-state index contributed by atoms with van der Waals surface area (Å²) in [5.41, 5.74) is 0.903. The second-order valence-electron chi connectivity index (χ2n) is 6.08. The number of amides is 3. The molecule has 0 bridgehead atoms. The van der Waals surface area contributed by atoms with E-state index in [0.29, 0.717) is 5.69 Å². The Kier molecular flexibility index (Phi) is 4.34. The predicted molar refractivity (Wildman–Crippen MR) is 104 cm³/mol. The number of anilines is 1. The van der Waals surface area contributed by atoms with Crippen LogP contribution in [0.2, 0.25) is 10.0 Å². The molecule has 0 atom stereocenters. The van der Waals surface area contributed by atoms with Crippen LogP contribution in [0.1, 0.15) is 20.7 Å². The van der Waals surface area contributed by atoms with Gasteiger partial charge in [-0.15, -0.1) is 0 Å². The minimum absolute atomic E-state index is 0.146. The van der Waals surface area contributed by atoms with Gasteiger partial charge in [-0.25, -0.2) is 0 Å². The van der Waals surface area contributed by atoms with Gasteiger partial charge in [-0.3, -0.25) is 19.3 Å². The molecule has 3 aromatic rings. The smallest absolute Gasteiger partial charge is 0.262 e. The van der Waals surface area contributed by atoms with Gasteiger partial charge >= 0.3 is 0 Å². The molecule has 0 aliphatic carbocycles. The molecule has 0 radical (unpaired) electrons. The highest BCUT2D eigenvalue weighted by Gasteiger charge is 2.37. The minimum atomic E-state index is -0.568. The van der Waals surface area contributed by atoms with Crippen LogP contribution in [0.15, 0.2) is 54.6 Å². The Morgan fingerprint density at radius 3 is 2.15 bits per heavy atom. The Balaban J connectivity index is 1.57. The average Bonchev–Trinajstić information content (AvgIpc) is 2.87. The molecule has 0 saturated carbocycles. The van der Waals surface area contributed by atoms with Gasteiger partial charge in [0.2, 0.25) is 5.91 Å². The summed E-state index contributed by atoms with van der Waals surface area (Å²) < 4.78 is 0. The second kappa shape index (κ2) is 6.68. The van der Waals surface area contributed by atoms with E-state index in [0.717, 1.165) is 15.7 Å². The van der Waals surface area contributed by atoms with Crippen molar-refractivity contribution in [1.29, 1.82) is 0 Å². The molecule has 1 N–H and O–H groups in total. The molecular formula is C20H12Cl2N2O3. The number of hydrogen-bond donors (Lipinski definition) is 1. The molecule has 0 fully saturated rings. The second-order valence-corrected chi connectivity index (χ2v) is 6.90. The summed E-state index contributed by atoms with van der Waals surface area (Å²) >= 11 is 11.9. The third-order valence-electron chi connectivity index (χ3n) is 4.38. The maximum Gasteiger partial charge on any atom is 0.262 e. The lowest BCUT2D eigenvalue weighted by Crippen LogP contribution is -2.37. The monoisotopic (exact) mass is 398 g/mol. The largest absolute Gasteiger partial charge is 0.324 e. The third-order valence-corrected chi connectivity index (χ3v) is 5.10. The van der Waals surface area contributed by atoms with Gasteiger partial charge in [0.25, 0.3) is 11.8 Å². The molecule has 1 heterocycles. The maximum atomic E-state index is 12.5. The van der Waals surface area contributed by atoms with Gasteiger partial charge in [-0.2, -0.15) is 0 Å². The van der Waals surface area contributed by atoms with E-state index < -0.39 is 24.3 Å². The van der Waals surface area contributed by atoms with Crippen LogP contribution in [0.3, 0.4) is 0 Å². The minimum Gasteiger partial charge on any atom is -0.324 e. The van der Waals surface area contributed by atoms with Crippen molar-refractivity contribution in [3.8, 4) is 0 Å². The number of halogens is 2. The Hall–Kier alpha value is -2.89. The third kappa shape index (κ3) is 3.05. The summed E-state index contributed by atoms with van der Waals surface area (Å²) in [7, 11) is 0. The van der Waals surface area contributed by atoms with Crippen molar-refractivity contribution in [2.24, 2.45) is 0 Å². The summed E-state index contributed by atoms with van der Waals surface area (Å²) in [5.74, 6) is -1.61. The van der Waals surface area contributed by atoms with E-state index in [2.05, 4.69) is 5.32 Å². The fourth-order valence-electron chi connectivity index (χ4n) is 3.10. The topological polar surface area (TPSA) is 66.5 Å². The molecule has 134 valence electrons. The molecule has 4 rings (SSSR count). The predicted octanol–water partition coefficient (Wildman–Crippen LogP) is 4.38. The zero-order valence-corrected chi connectivity index (χ0v) is 15.3. The Morgan fingerprint density at radius 2 is 1.48 bits per heavy atom. The first-order chi connectivity index (χ1) is 13.0. The Bertz CT molecular complexity index is 1080. The molecule has 5 nitrogen and oxygen atoms in total. The zero-order valence-electron chi connectivity index (χ0n) is 13.8. The number of hydrogen-bond acceptors (Lipinski definition) is 3.